The molecule has 7 nitrogen and oxygen atoms in total. The summed E-state index contributed by atoms with van der Waals surface area (Å²) in [6, 6.07) is 2.68. The molecule has 7 heteroatoms. The van der Waals surface area contributed by atoms with E-state index in [0.717, 1.165) is 0 Å². The van der Waals surface area contributed by atoms with Gasteiger partial charge in [0.15, 0.2) is 0 Å². The van der Waals surface area contributed by atoms with Gasteiger partial charge in [0.05, 0.1) is 28.7 Å². The van der Waals surface area contributed by atoms with E-state index in [0.29, 0.717) is 11.2 Å². The molecule has 0 fully saturated rings. The van der Waals surface area contributed by atoms with Crippen LogP contribution in [0.4, 0.5) is 11.4 Å². The molecule has 0 unspecified atom stereocenters. The van der Waals surface area contributed by atoms with Crippen LogP contribution in [0.2, 0.25) is 0 Å². The van der Waals surface area contributed by atoms with Gasteiger partial charge in [-0.2, -0.15) is 0 Å². The molecule has 2 N–H and O–H groups in total. The molecule has 0 amide bonds. The van der Waals surface area contributed by atoms with Crippen molar-refractivity contribution in [2.75, 3.05) is 11.9 Å². The molecule has 1 aromatic carbocycles. The SMILES string of the molecule is CC#CCNc1cc2nc[nH]c(=O)c2cc1[N+](=O)[O-]. The largest absolute Gasteiger partial charge is 0.369 e. The number of aromatic amines is 1. The van der Waals surface area contributed by atoms with Gasteiger partial charge in [-0.15, -0.1) is 5.92 Å². The third-order valence-corrected chi connectivity index (χ3v) is 2.50. The molecule has 2 rings (SSSR count). The van der Waals surface area contributed by atoms with Crippen molar-refractivity contribution in [3.63, 3.8) is 0 Å². The molecule has 2 aromatic rings. The summed E-state index contributed by atoms with van der Waals surface area (Å²) in [5.74, 6) is 5.43. The summed E-state index contributed by atoms with van der Waals surface area (Å²) in [5.41, 5.74) is 0.0940. The van der Waals surface area contributed by atoms with Gasteiger partial charge >= 0.3 is 0 Å². The lowest BCUT2D eigenvalue weighted by atomic mass is 10.2. The maximum absolute atomic E-state index is 11.6. The maximum Gasteiger partial charge on any atom is 0.293 e. The molecule has 0 aliphatic rings. The van der Waals surface area contributed by atoms with Crippen molar-refractivity contribution < 1.29 is 4.92 Å². The number of nitro benzene ring substituents is 1. The third kappa shape index (κ3) is 2.52. The molecule has 0 saturated carbocycles. The Bertz CT molecular complexity index is 755. The Balaban J connectivity index is 2.60. The highest BCUT2D eigenvalue weighted by Gasteiger charge is 2.16. The lowest BCUT2D eigenvalue weighted by Crippen LogP contribution is -2.09. The molecule has 0 bridgehead atoms. The number of hydrogen-bond acceptors (Lipinski definition) is 5. The zero-order valence-electron chi connectivity index (χ0n) is 10.1. The first-order chi connectivity index (χ1) is 9.13. The fourth-order valence-corrected chi connectivity index (χ4v) is 1.62. The molecular weight excluding hydrogens is 248 g/mol. The van der Waals surface area contributed by atoms with E-state index in [1.807, 2.05) is 0 Å². The molecule has 0 aliphatic heterocycles. The van der Waals surface area contributed by atoms with Gasteiger partial charge in [-0.25, -0.2) is 4.98 Å². The van der Waals surface area contributed by atoms with E-state index in [1.54, 1.807) is 6.92 Å². The van der Waals surface area contributed by atoms with Crippen LogP contribution in [0.5, 0.6) is 0 Å². The maximum atomic E-state index is 11.6. The molecule has 0 spiro atoms. The number of benzene rings is 1. The lowest BCUT2D eigenvalue weighted by molar-refractivity contribution is -0.383. The lowest BCUT2D eigenvalue weighted by Gasteiger charge is -2.05. The van der Waals surface area contributed by atoms with Crippen LogP contribution < -0.4 is 10.9 Å². The Hall–Kier alpha value is -2.88. The number of H-pyrrole nitrogens is 1. The monoisotopic (exact) mass is 258 g/mol. The van der Waals surface area contributed by atoms with Crippen LogP contribution in [0.25, 0.3) is 10.9 Å². The van der Waals surface area contributed by atoms with E-state index in [-0.39, 0.29) is 17.6 Å². The van der Waals surface area contributed by atoms with Gasteiger partial charge in [0.2, 0.25) is 0 Å². The quantitative estimate of drug-likeness (QED) is 0.490. The Morgan fingerprint density at radius 1 is 1.53 bits per heavy atom. The average Bonchev–Trinajstić information content (AvgIpc) is 2.38. The number of nitro groups is 1. The normalized spacial score (nSPS) is 9.74. The number of nitrogens with one attached hydrogen (secondary N) is 2. The summed E-state index contributed by atoms with van der Waals surface area (Å²) in [6.07, 6.45) is 1.26. The number of aromatic nitrogens is 2. The minimum absolute atomic E-state index is 0.177. The predicted octanol–water partition coefficient (Wildman–Crippen LogP) is 1.27. The molecule has 96 valence electrons. The first-order valence-electron chi connectivity index (χ1n) is 5.43. The van der Waals surface area contributed by atoms with Crippen molar-refractivity contribution in [2.24, 2.45) is 0 Å². The summed E-state index contributed by atoms with van der Waals surface area (Å²) in [6.45, 7) is 1.96. The summed E-state index contributed by atoms with van der Waals surface area (Å²) in [4.78, 5) is 28.4. The topological polar surface area (TPSA) is 101 Å². The standard InChI is InChI=1S/C12H10N4O3/c1-2-3-4-13-10-6-9-8(5-11(10)16(18)19)12(17)15-7-14-9/h5-7,13H,4H2,1H3,(H,14,15,17). The van der Waals surface area contributed by atoms with Gasteiger partial charge in [-0.05, 0) is 13.0 Å². The summed E-state index contributed by atoms with van der Waals surface area (Å²) >= 11 is 0. The van der Waals surface area contributed by atoms with E-state index in [2.05, 4.69) is 27.1 Å². The second-order valence-corrected chi connectivity index (χ2v) is 3.66. The van der Waals surface area contributed by atoms with Gasteiger partial charge in [-0.3, -0.25) is 14.9 Å². The van der Waals surface area contributed by atoms with E-state index >= 15 is 0 Å². The number of nitrogens with zero attached hydrogens (tertiary/aromatic N) is 2. The Kier molecular flexibility index (Phi) is 3.43. The van der Waals surface area contributed by atoms with Gasteiger partial charge in [0, 0.05) is 6.07 Å². The summed E-state index contributed by atoms with van der Waals surface area (Å²) in [5, 5.41) is 14.0. The molecule has 0 saturated heterocycles. The Labute approximate surface area is 107 Å². The fraction of sp³-hybridized carbons (Fsp3) is 0.167. The number of rotatable bonds is 3. The smallest absolute Gasteiger partial charge is 0.293 e. The number of anilines is 1. The minimum atomic E-state index is -0.548. The van der Waals surface area contributed by atoms with Crippen molar-refractivity contribution in [2.45, 2.75) is 6.92 Å². The fourth-order valence-electron chi connectivity index (χ4n) is 1.62. The first kappa shape index (κ1) is 12.6. The highest BCUT2D eigenvalue weighted by molar-refractivity contribution is 5.86. The van der Waals surface area contributed by atoms with Gasteiger partial charge in [-0.1, -0.05) is 5.92 Å². The van der Waals surface area contributed by atoms with Crippen LogP contribution in [-0.2, 0) is 0 Å². The van der Waals surface area contributed by atoms with E-state index in [1.165, 1.54) is 18.5 Å². The first-order valence-corrected chi connectivity index (χ1v) is 5.43. The highest BCUT2D eigenvalue weighted by Crippen LogP contribution is 2.27. The number of fused-ring (bicyclic) bond motifs is 1. The van der Waals surface area contributed by atoms with Crippen molar-refractivity contribution in [1.29, 1.82) is 0 Å². The molecule has 0 atom stereocenters. The van der Waals surface area contributed by atoms with Crippen molar-refractivity contribution >= 4 is 22.3 Å². The van der Waals surface area contributed by atoms with E-state index in [9.17, 15) is 14.9 Å². The van der Waals surface area contributed by atoms with Crippen LogP contribution >= 0.6 is 0 Å². The van der Waals surface area contributed by atoms with Gasteiger partial charge in [0.25, 0.3) is 11.2 Å². The molecule has 0 radical (unpaired) electrons. The van der Waals surface area contributed by atoms with E-state index < -0.39 is 10.5 Å². The Morgan fingerprint density at radius 2 is 2.32 bits per heavy atom. The average molecular weight is 258 g/mol. The second-order valence-electron chi connectivity index (χ2n) is 3.66. The molecule has 1 aromatic heterocycles. The van der Waals surface area contributed by atoms with Crippen LogP contribution in [0.1, 0.15) is 6.92 Å². The molecule has 0 aliphatic carbocycles. The van der Waals surface area contributed by atoms with Crippen LogP contribution in [0.3, 0.4) is 0 Å². The van der Waals surface area contributed by atoms with Crippen molar-refractivity contribution in [1.82, 2.24) is 9.97 Å². The van der Waals surface area contributed by atoms with Crippen molar-refractivity contribution in [3.8, 4) is 11.8 Å². The van der Waals surface area contributed by atoms with Gasteiger partial charge < -0.3 is 10.3 Å². The van der Waals surface area contributed by atoms with Crippen LogP contribution in [-0.4, -0.2) is 21.4 Å². The van der Waals surface area contributed by atoms with Crippen LogP contribution in [0.15, 0.2) is 23.3 Å². The number of hydrogen-bond donors (Lipinski definition) is 2. The molecule has 1 heterocycles. The van der Waals surface area contributed by atoms with Crippen molar-refractivity contribution in [3.05, 3.63) is 38.9 Å². The zero-order chi connectivity index (χ0) is 13.8. The Morgan fingerprint density at radius 3 is 3.00 bits per heavy atom. The molecule has 19 heavy (non-hydrogen) atoms. The zero-order valence-corrected chi connectivity index (χ0v) is 10.1. The summed E-state index contributed by atoms with van der Waals surface area (Å²) in [7, 11) is 0. The van der Waals surface area contributed by atoms with Crippen LogP contribution in [0, 0.1) is 22.0 Å². The van der Waals surface area contributed by atoms with E-state index in [4.69, 9.17) is 0 Å². The van der Waals surface area contributed by atoms with Gasteiger partial charge in [0.1, 0.15) is 5.69 Å². The summed E-state index contributed by atoms with van der Waals surface area (Å²) < 4.78 is 0. The molecular formula is C12H10N4O3. The second kappa shape index (κ2) is 5.18. The predicted molar refractivity (Wildman–Crippen MR) is 71.0 cm³/mol. The third-order valence-electron chi connectivity index (χ3n) is 2.50. The minimum Gasteiger partial charge on any atom is -0.369 e. The highest BCUT2D eigenvalue weighted by atomic mass is 16.6.